The Labute approximate surface area is 68.7 Å². The van der Waals surface area contributed by atoms with Crippen molar-refractivity contribution in [3.05, 3.63) is 23.3 Å². The lowest BCUT2D eigenvalue weighted by atomic mass is 10.1. The summed E-state index contributed by atoms with van der Waals surface area (Å²) in [6.45, 7) is -0.416. The lowest BCUT2D eigenvalue weighted by Gasteiger charge is -2.03. The lowest BCUT2D eigenvalue weighted by molar-refractivity contribution is 0.112. The molecule has 0 aliphatic heterocycles. The predicted molar refractivity (Wildman–Crippen MR) is 41.1 cm³/mol. The van der Waals surface area contributed by atoms with Gasteiger partial charge in [-0.15, -0.1) is 0 Å². The van der Waals surface area contributed by atoms with Gasteiger partial charge in [0.05, 0.1) is 12.2 Å². The van der Waals surface area contributed by atoms with E-state index in [1.807, 2.05) is 0 Å². The van der Waals surface area contributed by atoms with Gasteiger partial charge >= 0.3 is 0 Å². The number of phenols is 2. The van der Waals surface area contributed by atoms with Crippen molar-refractivity contribution in [1.29, 1.82) is 0 Å². The molecule has 0 amide bonds. The second kappa shape index (κ2) is 3.23. The summed E-state index contributed by atoms with van der Waals surface area (Å²) in [6, 6.07) is 2.32. The Balaban J connectivity index is 3.31. The maximum Gasteiger partial charge on any atom is 0.153 e. The topological polar surface area (TPSA) is 77.8 Å². The molecule has 0 unspecified atom stereocenters. The third-order valence-electron chi connectivity index (χ3n) is 1.50. The quantitative estimate of drug-likeness (QED) is 0.441. The number of hydrogen-bond acceptors (Lipinski definition) is 4. The zero-order valence-electron chi connectivity index (χ0n) is 6.19. The Morgan fingerprint density at radius 2 is 2.00 bits per heavy atom. The number of rotatable bonds is 2. The fourth-order valence-corrected chi connectivity index (χ4v) is 0.912. The first-order valence-electron chi connectivity index (χ1n) is 3.30. The molecule has 0 saturated heterocycles. The van der Waals surface area contributed by atoms with Crippen LogP contribution in [0.25, 0.3) is 0 Å². The van der Waals surface area contributed by atoms with Crippen LogP contribution in [0.15, 0.2) is 12.1 Å². The normalized spacial score (nSPS) is 9.75. The molecule has 0 spiro atoms. The Hall–Kier alpha value is -1.55. The van der Waals surface area contributed by atoms with E-state index < -0.39 is 6.61 Å². The first-order chi connectivity index (χ1) is 5.69. The zero-order chi connectivity index (χ0) is 9.14. The fraction of sp³-hybridized carbons (Fsp3) is 0.125. The predicted octanol–water partition coefficient (Wildman–Crippen LogP) is 0.403. The van der Waals surface area contributed by atoms with Crippen LogP contribution in [0.5, 0.6) is 11.5 Å². The van der Waals surface area contributed by atoms with Crippen molar-refractivity contribution in [3.8, 4) is 11.5 Å². The average molecular weight is 168 g/mol. The van der Waals surface area contributed by atoms with Gasteiger partial charge in [-0.25, -0.2) is 0 Å². The van der Waals surface area contributed by atoms with E-state index in [-0.39, 0.29) is 22.6 Å². The summed E-state index contributed by atoms with van der Waals surface area (Å²) in [5.74, 6) is -0.441. The van der Waals surface area contributed by atoms with Crippen LogP contribution in [0.1, 0.15) is 15.9 Å². The number of aromatic hydroxyl groups is 2. The Morgan fingerprint density at radius 3 is 2.50 bits per heavy atom. The number of carbonyl (C=O) groups excluding carboxylic acids is 1. The molecule has 0 aromatic heterocycles. The summed E-state index contributed by atoms with van der Waals surface area (Å²) in [6.07, 6.45) is 0.411. The molecule has 64 valence electrons. The van der Waals surface area contributed by atoms with Crippen molar-refractivity contribution in [3.63, 3.8) is 0 Å². The van der Waals surface area contributed by atoms with Crippen LogP contribution in [0, 0.1) is 0 Å². The minimum Gasteiger partial charge on any atom is -0.508 e. The van der Waals surface area contributed by atoms with Crippen molar-refractivity contribution >= 4 is 6.29 Å². The number of aliphatic hydroxyl groups excluding tert-OH is 1. The van der Waals surface area contributed by atoms with Gasteiger partial charge in [-0.2, -0.15) is 0 Å². The summed E-state index contributed by atoms with van der Waals surface area (Å²) in [5.41, 5.74) is 0.108. The van der Waals surface area contributed by atoms with Crippen LogP contribution in [0.3, 0.4) is 0 Å². The van der Waals surface area contributed by atoms with Gasteiger partial charge in [-0.3, -0.25) is 4.79 Å². The molecule has 4 nitrogen and oxygen atoms in total. The SMILES string of the molecule is O=Cc1cc(O)cc(CO)c1O. The molecule has 1 aromatic rings. The Bertz CT molecular complexity index is 306. The molecule has 3 N–H and O–H groups in total. The highest BCUT2D eigenvalue weighted by Crippen LogP contribution is 2.26. The van der Waals surface area contributed by atoms with E-state index in [1.54, 1.807) is 0 Å². The molecule has 0 saturated carbocycles. The van der Waals surface area contributed by atoms with Crippen LogP contribution >= 0.6 is 0 Å². The molecule has 0 atom stereocenters. The molecule has 0 aliphatic carbocycles. The van der Waals surface area contributed by atoms with Gasteiger partial charge in [0.25, 0.3) is 0 Å². The minimum atomic E-state index is -0.416. The monoisotopic (exact) mass is 168 g/mol. The molecule has 0 fully saturated rings. The van der Waals surface area contributed by atoms with Gasteiger partial charge in [-0.1, -0.05) is 0 Å². The fourth-order valence-electron chi connectivity index (χ4n) is 0.912. The first-order valence-corrected chi connectivity index (χ1v) is 3.30. The van der Waals surface area contributed by atoms with Gasteiger partial charge in [-0.05, 0) is 12.1 Å². The van der Waals surface area contributed by atoms with Crippen LogP contribution in [-0.2, 0) is 6.61 Å². The maximum absolute atomic E-state index is 10.3. The average Bonchev–Trinajstić information content (AvgIpc) is 2.08. The van der Waals surface area contributed by atoms with Crippen LogP contribution in [0.4, 0.5) is 0 Å². The Morgan fingerprint density at radius 1 is 1.33 bits per heavy atom. The largest absolute Gasteiger partial charge is 0.508 e. The molecular formula is C8H8O4. The van der Waals surface area contributed by atoms with Gasteiger partial charge < -0.3 is 15.3 Å². The number of phenolic OH excluding ortho intramolecular Hbond substituents is 1. The molecule has 12 heavy (non-hydrogen) atoms. The highest BCUT2D eigenvalue weighted by molar-refractivity contribution is 5.80. The van der Waals surface area contributed by atoms with Crippen molar-refractivity contribution in [2.75, 3.05) is 0 Å². The molecular weight excluding hydrogens is 160 g/mol. The van der Waals surface area contributed by atoms with Gasteiger partial charge in [0.15, 0.2) is 6.29 Å². The van der Waals surface area contributed by atoms with Crippen LogP contribution < -0.4 is 0 Å². The highest BCUT2D eigenvalue weighted by Gasteiger charge is 2.07. The lowest BCUT2D eigenvalue weighted by Crippen LogP contribution is -1.89. The summed E-state index contributed by atoms with van der Waals surface area (Å²) < 4.78 is 0. The summed E-state index contributed by atoms with van der Waals surface area (Å²) in [4.78, 5) is 10.3. The van der Waals surface area contributed by atoms with E-state index >= 15 is 0 Å². The zero-order valence-corrected chi connectivity index (χ0v) is 6.19. The van der Waals surface area contributed by atoms with E-state index in [0.29, 0.717) is 6.29 Å². The van der Waals surface area contributed by atoms with Crippen LogP contribution in [-0.4, -0.2) is 21.6 Å². The Kier molecular flexibility index (Phi) is 2.30. The third-order valence-corrected chi connectivity index (χ3v) is 1.50. The van der Waals surface area contributed by atoms with E-state index in [0.717, 1.165) is 6.07 Å². The van der Waals surface area contributed by atoms with Gasteiger partial charge in [0.1, 0.15) is 11.5 Å². The summed E-state index contributed by atoms with van der Waals surface area (Å²) in [7, 11) is 0. The van der Waals surface area contributed by atoms with Crippen molar-refractivity contribution in [1.82, 2.24) is 0 Å². The molecule has 0 aliphatic rings. The molecule has 1 rings (SSSR count). The number of aliphatic hydroxyl groups is 1. The number of aldehydes is 1. The van der Waals surface area contributed by atoms with E-state index in [1.165, 1.54) is 6.07 Å². The first kappa shape index (κ1) is 8.55. The van der Waals surface area contributed by atoms with E-state index in [2.05, 4.69) is 0 Å². The minimum absolute atomic E-state index is 0.0287. The number of hydrogen-bond donors (Lipinski definition) is 3. The highest BCUT2D eigenvalue weighted by atomic mass is 16.3. The molecule has 1 aromatic carbocycles. The summed E-state index contributed by atoms with van der Waals surface area (Å²) >= 11 is 0. The van der Waals surface area contributed by atoms with Gasteiger partial charge in [0, 0.05) is 5.56 Å². The second-order valence-corrected chi connectivity index (χ2v) is 2.32. The molecule has 0 bridgehead atoms. The van der Waals surface area contributed by atoms with Crippen LogP contribution in [0.2, 0.25) is 0 Å². The number of carbonyl (C=O) groups is 1. The summed E-state index contributed by atoms with van der Waals surface area (Å²) in [5, 5.41) is 26.9. The standard InChI is InChI=1S/C8H8O4/c9-3-5-1-7(11)2-6(4-10)8(5)12/h1-3,10-12H,4H2. The smallest absolute Gasteiger partial charge is 0.153 e. The van der Waals surface area contributed by atoms with Gasteiger partial charge in [0.2, 0.25) is 0 Å². The third kappa shape index (κ3) is 1.38. The maximum atomic E-state index is 10.3. The van der Waals surface area contributed by atoms with Crippen molar-refractivity contribution < 1.29 is 20.1 Å². The van der Waals surface area contributed by atoms with E-state index in [4.69, 9.17) is 10.2 Å². The molecule has 0 heterocycles. The number of benzene rings is 1. The second-order valence-electron chi connectivity index (χ2n) is 2.32. The molecule has 0 radical (unpaired) electrons. The van der Waals surface area contributed by atoms with E-state index in [9.17, 15) is 9.90 Å². The van der Waals surface area contributed by atoms with Crippen molar-refractivity contribution in [2.45, 2.75) is 6.61 Å². The van der Waals surface area contributed by atoms with Crippen molar-refractivity contribution in [2.24, 2.45) is 0 Å². The molecule has 4 heteroatoms.